The zero-order chi connectivity index (χ0) is 21.7. The number of aliphatic hydroxyl groups excluding tert-OH is 1. The van der Waals surface area contributed by atoms with E-state index in [1.54, 1.807) is 0 Å². The highest BCUT2D eigenvalue weighted by atomic mass is 79.9. The van der Waals surface area contributed by atoms with Gasteiger partial charge in [0.2, 0.25) is 0 Å². The van der Waals surface area contributed by atoms with Crippen LogP contribution < -0.4 is 16.6 Å². The molecule has 2 aromatic carbocycles. The smallest absolute Gasteiger partial charge is 0.407 e. The molecule has 3 aromatic rings. The van der Waals surface area contributed by atoms with E-state index in [-0.39, 0.29) is 24.4 Å². The van der Waals surface area contributed by atoms with Crippen molar-refractivity contribution in [3.05, 3.63) is 72.3 Å². The van der Waals surface area contributed by atoms with Crippen LogP contribution in [0, 0.1) is 0 Å². The van der Waals surface area contributed by atoms with Gasteiger partial charge in [0, 0.05) is 10.6 Å². The second-order valence-electron chi connectivity index (χ2n) is 6.23. The number of benzene rings is 2. The van der Waals surface area contributed by atoms with Crippen LogP contribution in [0.2, 0.25) is 5.02 Å². The van der Waals surface area contributed by atoms with Crippen molar-refractivity contribution in [2.75, 3.05) is 12.4 Å². The number of H-pyrrole nitrogens is 2. The Labute approximate surface area is 188 Å². The third-order valence-corrected chi connectivity index (χ3v) is 6.95. The molecule has 0 saturated heterocycles. The molecule has 0 spiro atoms. The molecule has 0 aliphatic carbocycles. The summed E-state index contributed by atoms with van der Waals surface area (Å²) in [6, 6.07) is 10.0. The molecule has 30 heavy (non-hydrogen) atoms. The largest absolute Gasteiger partial charge is 0.445 e. The van der Waals surface area contributed by atoms with Crippen LogP contribution in [0.5, 0.6) is 0 Å². The fraction of sp³-hybridized carbons (Fsp3) is 0.211. The van der Waals surface area contributed by atoms with E-state index in [9.17, 15) is 19.5 Å². The second kappa shape index (κ2) is 10.2. The lowest BCUT2D eigenvalue weighted by molar-refractivity contribution is 0.131. The lowest BCUT2D eigenvalue weighted by Crippen LogP contribution is -2.39. The number of aliphatic hydroxyl groups is 1. The van der Waals surface area contributed by atoms with E-state index in [0.29, 0.717) is 19.9 Å². The Hall–Kier alpha value is -2.27. The number of aromatic nitrogens is 2. The van der Waals surface area contributed by atoms with Gasteiger partial charge in [0.25, 0.3) is 5.56 Å². The number of nitrogens with one attached hydrogen (secondary N) is 3. The number of ether oxygens (including phenoxy) is 1. The first-order valence-corrected chi connectivity index (χ1v) is 10.9. The predicted molar refractivity (Wildman–Crippen MR) is 119 cm³/mol. The Morgan fingerprint density at radius 3 is 2.70 bits per heavy atom. The van der Waals surface area contributed by atoms with Gasteiger partial charge in [-0.1, -0.05) is 41.9 Å². The average molecular weight is 515 g/mol. The molecule has 0 saturated carbocycles. The topological polar surface area (TPSA) is 124 Å². The number of alkyl carbamates (subject to hydrolysis) is 1. The Morgan fingerprint density at radius 2 is 2.00 bits per heavy atom. The quantitative estimate of drug-likeness (QED) is 0.359. The molecule has 0 bridgehead atoms. The third kappa shape index (κ3) is 5.45. The summed E-state index contributed by atoms with van der Waals surface area (Å²) in [7, 11) is 0. The number of rotatable bonds is 7. The Bertz CT molecular complexity index is 1170. The summed E-state index contributed by atoms with van der Waals surface area (Å²) < 4.78 is 5.66. The van der Waals surface area contributed by atoms with Crippen LogP contribution in [-0.4, -0.2) is 39.6 Å². The van der Waals surface area contributed by atoms with Crippen molar-refractivity contribution in [3.63, 3.8) is 0 Å². The van der Waals surface area contributed by atoms with E-state index in [1.807, 2.05) is 30.3 Å². The Balaban J connectivity index is 1.71. The number of carbonyl (C=O) groups excluding carboxylic acids is 1. The van der Waals surface area contributed by atoms with Gasteiger partial charge in [0.1, 0.15) is 6.61 Å². The minimum absolute atomic E-state index is 0.104. The molecule has 4 N–H and O–H groups in total. The lowest BCUT2D eigenvalue weighted by Gasteiger charge is -2.17. The zero-order valence-electron chi connectivity index (χ0n) is 15.4. The SMILES string of the molecule is O=C(N[C@@H](CO)CSc1c(Br)c(Cl)cc2c(=O)[nH]c(=O)[nH]c12)OCc1ccccc1. The molecule has 0 aliphatic rings. The van der Waals surface area contributed by atoms with E-state index in [4.69, 9.17) is 16.3 Å². The van der Waals surface area contributed by atoms with Crippen molar-refractivity contribution in [2.45, 2.75) is 17.5 Å². The lowest BCUT2D eigenvalue weighted by atomic mass is 10.2. The van der Waals surface area contributed by atoms with Crippen LogP contribution in [0.4, 0.5) is 4.79 Å². The molecule has 158 valence electrons. The summed E-state index contributed by atoms with van der Waals surface area (Å²) >= 11 is 10.8. The number of halogens is 2. The number of thioether (sulfide) groups is 1. The van der Waals surface area contributed by atoms with Crippen molar-refractivity contribution < 1.29 is 14.6 Å². The number of hydrogen-bond donors (Lipinski definition) is 4. The van der Waals surface area contributed by atoms with E-state index in [0.717, 1.165) is 5.56 Å². The summed E-state index contributed by atoms with van der Waals surface area (Å²) in [6.07, 6.45) is -0.668. The fourth-order valence-corrected chi connectivity index (χ4v) is 4.63. The average Bonchev–Trinajstić information content (AvgIpc) is 2.73. The van der Waals surface area contributed by atoms with Gasteiger partial charge in [0.05, 0.1) is 33.0 Å². The van der Waals surface area contributed by atoms with Crippen LogP contribution >= 0.6 is 39.3 Å². The first-order valence-electron chi connectivity index (χ1n) is 8.74. The molecule has 1 heterocycles. The molecule has 0 unspecified atom stereocenters. The van der Waals surface area contributed by atoms with E-state index >= 15 is 0 Å². The maximum atomic E-state index is 12.1. The highest BCUT2D eigenvalue weighted by Crippen LogP contribution is 2.38. The van der Waals surface area contributed by atoms with Crippen molar-refractivity contribution >= 4 is 56.3 Å². The molecule has 0 radical (unpaired) electrons. The van der Waals surface area contributed by atoms with Crippen LogP contribution in [0.1, 0.15) is 5.56 Å². The number of aromatic amines is 2. The van der Waals surface area contributed by atoms with Gasteiger partial charge in [0.15, 0.2) is 0 Å². The molecular weight excluding hydrogens is 498 g/mol. The standard InChI is InChI=1S/C19H17BrClN3O5S/c20-14-13(21)6-12-15(23-18(27)24-17(12)26)16(14)30-9-11(7-25)22-19(28)29-8-10-4-2-1-3-5-10/h1-6,11,25H,7-9H2,(H,22,28)(H2,23,24,26,27)/t11-/m0/s1. The van der Waals surface area contributed by atoms with Gasteiger partial charge in [-0.05, 0) is 27.6 Å². The van der Waals surface area contributed by atoms with Gasteiger partial charge >= 0.3 is 11.8 Å². The normalized spacial score (nSPS) is 12.0. The van der Waals surface area contributed by atoms with Crippen molar-refractivity contribution in [2.24, 2.45) is 0 Å². The van der Waals surface area contributed by atoms with Crippen LogP contribution in [0.15, 0.2) is 55.4 Å². The van der Waals surface area contributed by atoms with Crippen LogP contribution in [0.3, 0.4) is 0 Å². The van der Waals surface area contributed by atoms with E-state index in [2.05, 4.69) is 31.2 Å². The van der Waals surface area contributed by atoms with Crippen LogP contribution in [-0.2, 0) is 11.3 Å². The Morgan fingerprint density at radius 1 is 1.27 bits per heavy atom. The maximum Gasteiger partial charge on any atom is 0.407 e. The summed E-state index contributed by atoms with van der Waals surface area (Å²) in [5, 5.41) is 12.7. The zero-order valence-corrected chi connectivity index (χ0v) is 18.6. The number of fused-ring (bicyclic) bond motifs is 1. The van der Waals surface area contributed by atoms with Gasteiger partial charge < -0.3 is 20.1 Å². The minimum atomic E-state index is -0.668. The molecule has 1 aromatic heterocycles. The van der Waals surface area contributed by atoms with Gasteiger partial charge in [-0.15, -0.1) is 11.8 Å². The van der Waals surface area contributed by atoms with Crippen molar-refractivity contribution in [1.82, 2.24) is 15.3 Å². The Kier molecular flexibility index (Phi) is 7.59. The minimum Gasteiger partial charge on any atom is -0.445 e. The van der Waals surface area contributed by atoms with Gasteiger partial charge in [-0.25, -0.2) is 9.59 Å². The second-order valence-corrected chi connectivity index (χ2v) is 8.46. The highest BCUT2D eigenvalue weighted by Gasteiger charge is 2.18. The molecule has 0 fully saturated rings. The first kappa shape index (κ1) is 22.4. The summed E-state index contributed by atoms with van der Waals surface area (Å²) in [6.45, 7) is -0.229. The summed E-state index contributed by atoms with van der Waals surface area (Å²) in [4.78, 5) is 41.1. The van der Waals surface area contributed by atoms with Gasteiger partial charge in [-0.3, -0.25) is 9.78 Å². The molecule has 8 nitrogen and oxygen atoms in total. The number of hydrogen-bond acceptors (Lipinski definition) is 6. The fourth-order valence-electron chi connectivity index (χ4n) is 2.61. The summed E-state index contributed by atoms with van der Waals surface area (Å²) in [5.41, 5.74) is -0.0596. The molecule has 11 heteroatoms. The van der Waals surface area contributed by atoms with E-state index < -0.39 is 23.4 Å². The van der Waals surface area contributed by atoms with E-state index in [1.165, 1.54) is 17.8 Å². The molecule has 1 atom stereocenters. The predicted octanol–water partition coefficient (Wildman–Crippen LogP) is 3.01. The van der Waals surface area contributed by atoms with Crippen molar-refractivity contribution in [3.8, 4) is 0 Å². The number of carbonyl (C=O) groups is 1. The molecule has 1 amide bonds. The summed E-state index contributed by atoms with van der Waals surface area (Å²) in [5.74, 6) is 0.236. The molecule has 0 aliphatic heterocycles. The van der Waals surface area contributed by atoms with Crippen LogP contribution in [0.25, 0.3) is 10.9 Å². The van der Waals surface area contributed by atoms with Gasteiger partial charge in [-0.2, -0.15) is 0 Å². The monoisotopic (exact) mass is 513 g/mol. The number of amides is 1. The molecule has 3 rings (SSSR count). The third-order valence-electron chi connectivity index (χ3n) is 4.07. The maximum absolute atomic E-state index is 12.1. The highest BCUT2D eigenvalue weighted by molar-refractivity contribution is 9.10. The molecular formula is C19H17BrClN3O5S. The van der Waals surface area contributed by atoms with Crippen molar-refractivity contribution in [1.29, 1.82) is 0 Å². The first-order chi connectivity index (χ1) is 14.4.